The predicted octanol–water partition coefficient (Wildman–Crippen LogP) is 3.38. The SMILES string of the molecule is CC(C)Nc1ncccc1C(=O)NC1C2CCCC1CC(N)C2.Cl.Cl. The summed E-state index contributed by atoms with van der Waals surface area (Å²) in [5.41, 5.74) is 6.81. The standard InChI is InChI=1S/C18H28N4O.2ClH/c1-11(2)21-17-15(7-4-8-20-17)18(23)22-16-12-5-3-6-13(16)10-14(19)9-12;;/h4,7-8,11-14,16H,3,5-6,9-10,19H2,1-2H3,(H,20,21)(H,22,23);2*1H. The van der Waals surface area contributed by atoms with Crippen LogP contribution >= 0.6 is 24.8 Å². The lowest BCUT2D eigenvalue weighted by atomic mass is 9.67. The highest BCUT2D eigenvalue weighted by atomic mass is 35.5. The smallest absolute Gasteiger partial charge is 0.255 e. The predicted molar refractivity (Wildman–Crippen MR) is 107 cm³/mol. The van der Waals surface area contributed by atoms with Gasteiger partial charge in [0.2, 0.25) is 0 Å². The van der Waals surface area contributed by atoms with E-state index in [1.54, 1.807) is 6.20 Å². The van der Waals surface area contributed by atoms with Crippen LogP contribution in [0.2, 0.25) is 0 Å². The summed E-state index contributed by atoms with van der Waals surface area (Å²) in [5, 5.41) is 6.55. The van der Waals surface area contributed by atoms with E-state index in [1.807, 2.05) is 26.0 Å². The Morgan fingerprint density at radius 1 is 1.24 bits per heavy atom. The molecule has 0 aliphatic heterocycles. The maximum absolute atomic E-state index is 12.8. The topological polar surface area (TPSA) is 80.0 Å². The van der Waals surface area contributed by atoms with Crippen molar-refractivity contribution >= 4 is 36.5 Å². The van der Waals surface area contributed by atoms with Crippen LogP contribution in [-0.4, -0.2) is 29.0 Å². The molecule has 2 aliphatic rings. The van der Waals surface area contributed by atoms with E-state index in [-0.39, 0.29) is 42.8 Å². The number of aromatic nitrogens is 1. The molecule has 2 saturated carbocycles. The number of halogens is 2. The van der Waals surface area contributed by atoms with Crippen LogP contribution in [0.3, 0.4) is 0 Å². The van der Waals surface area contributed by atoms with Crippen molar-refractivity contribution < 1.29 is 4.79 Å². The molecule has 1 aromatic rings. The van der Waals surface area contributed by atoms with Crippen LogP contribution in [0.5, 0.6) is 0 Å². The molecular formula is C18H30Cl2N4O. The van der Waals surface area contributed by atoms with Gasteiger partial charge in [-0.25, -0.2) is 4.98 Å². The average molecular weight is 389 g/mol. The first-order chi connectivity index (χ1) is 11.0. The number of nitrogens with zero attached hydrogens (tertiary/aromatic N) is 1. The van der Waals surface area contributed by atoms with Gasteiger partial charge in [0.1, 0.15) is 5.82 Å². The summed E-state index contributed by atoms with van der Waals surface area (Å²) in [5.74, 6) is 1.70. The molecule has 0 aromatic carbocycles. The molecule has 0 saturated heterocycles. The molecule has 0 spiro atoms. The highest BCUT2D eigenvalue weighted by Crippen LogP contribution is 2.39. The fraction of sp³-hybridized carbons (Fsp3) is 0.667. The molecule has 2 aliphatic carbocycles. The van der Waals surface area contributed by atoms with E-state index >= 15 is 0 Å². The third-order valence-corrected chi connectivity index (χ3v) is 5.15. The highest BCUT2D eigenvalue weighted by molar-refractivity contribution is 5.98. The summed E-state index contributed by atoms with van der Waals surface area (Å²) < 4.78 is 0. The second kappa shape index (κ2) is 9.60. The number of carbonyl (C=O) groups is 1. The van der Waals surface area contributed by atoms with E-state index in [4.69, 9.17) is 5.73 Å². The first kappa shape index (κ1) is 22.0. The molecule has 2 atom stereocenters. The fourth-order valence-corrected chi connectivity index (χ4v) is 4.23. The van der Waals surface area contributed by atoms with Crippen molar-refractivity contribution in [2.75, 3.05) is 5.32 Å². The van der Waals surface area contributed by atoms with Crippen LogP contribution < -0.4 is 16.4 Å². The molecule has 2 fully saturated rings. The molecule has 1 heterocycles. The molecule has 2 unspecified atom stereocenters. The van der Waals surface area contributed by atoms with Crippen molar-refractivity contribution in [2.45, 2.75) is 64.1 Å². The van der Waals surface area contributed by atoms with Crippen molar-refractivity contribution in [3.63, 3.8) is 0 Å². The van der Waals surface area contributed by atoms with Crippen LogP contribution in [0.25, 0.3) is 0 Å². The van der Waals surface area contributed by atoms with Gasteiger partial charge in [-0.05, 0) is 63.5 Å². The van der Waals surface area contributed by atoms with Crippen molar-refractivity contribution in [2.24, 2.45) is 17.6 Å². The highest BCUT2D eigenvalue weighted by Gasteiger charge is 2.40. The number of anilines is 1. The van der Waals surface area contributed by atoms with E-state index in [9.17, 15) is 4.79 Å². The molecule has 5 nitrogen and oxygen atoms in total. The molecule has 1 amide bonds. The zero-order valence-corrected chi connectivity index (χ0v) is 16.5. The van der Waals surface area contributed by atoms with E-state index in [0.29, 0.717) is 29.3 Å². The monoisotopic (exact) mass is 388 g/mol. The van der Waals surface area contributed by atoms with Crippen LogP contribution in [0.15, 0.2) is 18.3 Å². The Bertz CT molecular complexity index is 556. The molecule has 7 heteroatoms. The lowest BCUT2D eigenvalue weighted by molar-refractivity contribution is 0.0756. The Kier molecular flexibility index (Phi) is 8.45. The van der Waals surface area contributed by atoms with Gasteiger partial charge in [-0.1, -0.05) is 6.42 Å². The van der Waals surface area contributed by atoms with Gasteiger partial charge in [0.25, 0.3) is 5.91 Å². The third kappa shape index (κ3) is 5.22. The number of nitrogens with one attached hydrogen (secondary N) is 2. The van der Waals surface area contributed by atoms with Crippen molar-refractivity contribution in [1.29, 1.82) is 0 Å². The number of hydrogen-bond acceptors (Lipinski definition) is 4. The van der Waals surface area contributed by atoms with Crippen molar-refractivity contribution in [3.8, 4) is 0 Å². The van der Waals surface area contributed by atoms with E-state index in [0.717, 1.165) is 12.8 Å². The van der Waals surface area contributed by atoms with Gasteiger partial charge in [0, 0.05) is 24.3 Å². The van der Waals surface area contributed by atoms with Gasteiger partial charge in [0.05, 0.1) is 5.56 Å². The molecule has 142 valence electrons. The van der Waals surface area contributed by atoms with Crippen LogP contribution in [0.4, 0.5) is 5.82 Å². The van der Waals surface area contributed by atoms with Gasteiger partial charge in [0.15, 0.2) is 0 Å². The molecular weight excluding hydrogens is 359 g/mol. The number of amides is 1. The van der Waals surface area contributed by atoms with Gasteiger partial charge in [-0.15, -0.1) is 24.8 Å². The first-order valence-electron chi connectivity index (χ1n) is 8.82. The minimum atomic E-state index is -0.0152. The van der Waals surface area contributed by atoms with E-state index in [2.05, 4.69) is 15.6 Å². The van der Waals surface area contributed by atoms with Crippen LogP contribution in [-0.2, 0) is 0 Å². The number of nitrogens with two attached hydrogens (primary N) is 1. The second-order valence-corrected chi connectivity index (χ2v) is 7.38. The number of carbonyl (C=O) groups excluding carboxylic acids is 1. The van der Waals surface area contributed by atoms with Gasteiger partial charge in [-0.3, -0.25) is 4.79 Å². The lowest BCUT2D eigenvalue weighted by Gasteiger charge is -2.45. The number of pyridine rings is 1. The maximum Gasteiger partial charge on any atom is 0.255 e. The number of rotatable bonds is 4. The van der Waals surface area contributed by atoms with E-state index < -0.39 is 0 Å². The zero-order valence-electron chi connectivity index (χ0n) is 14.9. The number of fused-ring (bicyclic) bond motifs is 2. The van der Waals surface area contributed by atoms with E-state index in [1.165, 1.54) is 19.3 Å². The quantitative estimate of drug-likeness (QED) is 0.738. The summed E-state index contributed by atoms with van der Waals surface area (Å²) >= 11 is 0. The lowest BCUT2D eigenvalue weighted by Crippen LogP contribution is -2.53. The largest absolute Gasteiger partial charge is 0.367 e. The summed E-state index contributed by atoms with van der Waals surface area (Å²) in [6, 6.07) is 4.47. The summed E-state index contributed by atoms with van der Waals surface area (Å²) in [7, 11) is 0. The van der Waals surface area contributed by atoms with Crippen LogP contribution in [0, 0.1) is 11.8 Å². The molecule has 2 bridgehead atoms. The molecule has 4 N–H and O–H groups in total. The minimum Gasteiger partial charge on any atom is -0.367 e. The average Bonchev–Trinajstić information content (AvgIpc) is 2.48. The molecule has 1 aromatic heterocycles. The van der Waals surface area contributed by atoms with Gasteiger partial charge < -0.3 is 16.4 Å². The third-order valence-electron chi connectivity index (χ3n) is 5.15. The zero-order chi connectivity index (χ0) is 16.4. The maximum atomic E-state index is 12.8. The van der Waals surface area contributed by atoms with Gasteiger partial charge in [-0.2, -0.15) is 0 Å². The Hall–Kier alpha value is -1.04. The summed E-state index contributed by atoms with van der Waals surface area (Å²) in [6.45, 7) is 4.09. The molecule has 25 heavy (non-hydrogen) atoms. The normalized spacial score (nSPS) is 27.7. The second-order valence-electron chi connectivity index (χ2n) is 7.38. The Labute approximate surface area is 162 Å². The minimum absolute atomic E-state index is 0. The first-order valence-corrected chi connectivity index (χ1v) is 8.82. The Morgan fingerprint density at radius 3 is 2.48 bits per heavy atom. The van der Waals surface area contributed by atoms with Crippen molar-refractivity contribution in [1.82, 2.24) is 10.3 Å². The van der Waals surface area contributed by atoms with Crippen LogP contribution in [0.1, 0.15) is 56.3 Å². The molecule has 3 rings (SSSR count). The number of hydrogen-bond donors (Lipinski definition) is 3. The summed E-state index contributed by atoms with van der Waals surface area (Å²) in [4.78, 5) is 17.1. The van der Waals surface area contributed by atoms with Gasteiger partial charge >= 0.3 is 0 Å². The molecule has 0 radical (unpaired) electrons. The Balaban J connectivity index is 0.00000156. The fourth-order valence-electron chi connectivity index (χ4n) is 4.23. The van der Waals surface area contributed by atoms with Crippen molar-refractivity contribution in [3.05, 3.63) is 23.9 Å². The summed E-state index contributed by atoms with van der Waals surface area (Å²) in [6.07, 6.45) is 7.41. The Morgan fingerprint density at radius 2 is 1.88 bits per heavy atom.